The molecule has 1 aromatic heterocycles. The second-order valence-electron chi connectivity index (χ2n) is 6.81. The van der Waals surface area contributed by atoms with Gasteiger partial charge in [-0.05, 0) is 44.5 Å². The van der Waals surface area contributed by atoms with Crippen LogP contribution >= 0.6 is 11.6 Å². The molecule has 5 nitrogen and oxygen atoms in total. The van der Waals surface area contributed by atoms with E-state index >= 15 is 0 Å². The molecule has 2 aromatic carbocycles. The summed E-state index contributed by atoms with van der Waals surface area (Å²) in [6, 6.07) is 17.8. The quantitative estimate of drug-likeness (QED) is 0.734. The summed E-state index contributed by atoms with van der Waals surface area (Å²) in [6.07, 6.45) is 0. The van der Waals surface area contributed by atoms with Crippen molar-refractivity contribution < 1.29 is 4.79 Å². The maximum absolute atomic E-state index is 12.9. The lowest BCUT2D eigenvalue weighted by Gasteiger charge is -2.26. The fraction of sp³-hybridized carbons (Fsp3) is 0.190. The van der Waals surface area contributed by atoms with Crippen LogP contribution in [0.3, 0.4) is 0 Å². The van der Waals surface area contributed by atoms with E-state index in [4.69, 9.17) is 11.6 Å². The molecule has 0 unspecified atom stereocenters. The Bertz CT molecular complexity index is 1040. The van der Waals surface area contributed by atoms with Gasteiger partial charge < -0.3 is 5.32 Å². The van der Waals surface area contributed by atoms with Crippen LogP contribution in [0.25, 0.3) is 11.3 Å². The maximum Gasteiger partial charge on any atom is 0.267 e. The van der Waals surface area contributed by atoms with Crippen LogP contribution in [0, 0.1) is 6.92 Å². The van der Waals surface area contributed by atoms with Crippen molar-refractivity contribution in [1.82, 2.24) is 9.78 Å². The van der Waals surface area contributed by atoms with E-state index in [1.165, 1.54) is 10.7 Å². The molecule has 0 saturated carbocycles. The molecule has 0 spiro atoms. The van der Waals surface area contributed by atoms with Gasteiger partial charge in [-0.2, -0.15) is 5.10 Å². The number of carbonyl (C=O) groups is 1. The average Bonchev–Trinajstić information content (AvgIpc) is 2.65. The summed E-state index contributed by atoms with van der Waals surface area (Å²) in [4.78, 5) is 25.4. The fourth-order valence-electron chi connectivity index (χ4n) is 2.67. The number of nitrogens with one attached hydrogen (secondary N) is 1. The minimum atomic E-state index is -1.20. The Labute approximate surface area is 162 Å². The second-order valence-corrected chi connectivity index (χ2v) is 7.24. The zero-order valence-electron chi connectivity index (χ0n) is 15.4. The van der Waals surface area contributed by atoms with Gasteiger partial charge >= 0.3 is 0 Å². The van der Waals surface area contributed by atoms with Crippen molar-refractivity contribution in [3.8, 4) is 11.3 Å². The van der Waals surface area contributed by atoms with E-state index in [0.29, 0.717) is 16.4 Å². The average molecular weight is 382 g/mol. The molecule has 3 aromatic rings. The van der Waals surface area contributed by atoms with Crippen LogP contribution in [0.4, 0.5) is 5.69 Å². The predicted molar refractivity (Wildman–Crippen MR) is 108 cm³/mol. The van der Waals surface area contributed by atoms with Crippen LogP contribution in [0.2, 0.25) is 5.02 Å². The van der Waals surface area contributed by atoms with Gasteiger partial charge in [0.15, 0.2) is 0 Å². The van der Waals surface area contributed by atoms with Crippen LogP contribution in [-0.2, 0) is 10.3 Å². The first-order valence-corrected chi connectivity index (χ1v) is 8.91. The summed E-state index contributed by atoms with van der Waals surface area (Å²) in [5, 5.41) is 7.81. The summed E-state index contributed by atoms with van der Waals surface area (Å²) in [7, 11) is 0. The number of halogens is 1. The lowest BCUT2D eigenvalue weighted by molar-refractivity contribution is -0.123. The summed E-state index contributed by atoms with van der Waals surface area (Å²) >= 11 is 6.03. The van der Waals surface area contributed by atoms with Gasteiger partial charge in [-0.1, -0.05) is 48.0 Å². The first-order valence-electron chi connectivity index (χ1n) is 8.53. The molecule has 1 heterocycles. The number of nitrogens with zero attached hydrogens (tertiary/aromatic N) is 2. The normalized spacial score (nSPS) is 11.3. The van der Waals surface area contributed by atoms with Gasteiger partial charge in [0.1, 0.15) is 5.54 Å². The fourth-order valence-corrected chi connectivity index (χ4v) is 2.85. The van der Waals surface area contributed by atoms with Gasteiger partial charge in [-0.25, -0.2) is 4.68 Å². The molecular weight excluding hydrogens is 362 g/mol. The van der Waals surface area contributed by atoms with Crippen molar-refractivity contribution in [2.24, 2.45) is 0 Å². The first-order chi connectivity index (χ1) is 12.8. The number of anilines is 1. The molecule has 0 aliphatic carbocycles. The van der Waals surface area contributed by atoms with E-state index in [1.807, 2.05) is 43.3 Å². The lowest BCUT2D eigenvalue weighted by Crippen LogP contribution is -2.47. The third-order valence-corrected chi connectivity index (χ3v) is 4.64. The van der Waals surface area contributed by atoms with E-state index in [1.54, 1.807) is 32.0 Å². The molecule has 1 amide bonds. The third kappa shape index (κ3) is 3.93. The number of aryl methyl sites for hydroxylation is 1. The van der Waals surface area contributed by atoms with Gasteiger partial charge in [0.2, 0.25) is 0 Å². The highest BCUT2D eigenvalue weighted by Crippen LogP contribution is 2.23. The smallest absolute Gasteiger partial charge is 0.267 e. The number of aromatic nitrogens is 2. The maximum atomic E-state index is 12.9. The van der Waals surface area contributed by atoms with Crippen LogP contribution < -0.4 is 10.9 Å². The Morgan fingerprint density at radius 2 is 1.78 bits per heavy atom. The minimum Gasteiger partial charge on any atom is -0.324 e. The molecular formula is C21H20ClN3O2. The molecule has 0 saturated heterocycles. The van der Waals surface area contributed by atoms with Gasteiger partial charge in [-0.15, -0.1) is 0 Å². The number of benzene rings is 2. The Kier molecular flexibility index (Phi) is 5.15. The van der Waals surface area contributed by atoms with Crippen LogP contribution in [0.15, 0.2) is 65.5 Å². The summed E-state index contributed by atoms with van der Waals surface area (Å²) < 4.78 is 1.21. The topological polar surface area (TPSA) is 64.0 Å². The zero-order valence-corrected chi connectivity index (χ0v) is 16.1. The largest absolute Gasteiger partial charge is 0.324 e. The van der Waals surface area contributed by atoms with E-state index in [-0.39, 0.29) is 11.5 Å². The molecule has 1 N–H and O–H groups in total. The number of amides is 1. The number of hydrogen-bond donors (Lipinski definition) is 1. The Morgan fingerprint density at radius 1 is 1.07 bits per heavy atom. The van der Waals surface area contributed by atoms with Crippen molar-refractivity contribution in [2.45, 2.75) is 26.3 Å². The lowest BCUT2D eigenvalue weighted by atomic mass is 10.0. The second kappa shape index (κ2) is 7.37. The molecule has 0 aliphatic rings. The standard InChI is InChI=1S/C21H20ClN3O2/c1-14-9-10-16(22)13-18(14)23-20(27)21(2,3)25-19(26)12-11-17(24-25)15-7-5-4-6-8-15/h4-13H,1-3H3,(H,23,27). The number of carbonyl (C=O) groups excluding carboxylic acids is 1. The molecule has 6 heteroatoms. The monoisotopic (exact) mass is 381 g/mol. The molecule has 138 valence electrons. The molecule has 0 bridgehead atoms. The predicted octanol–water partition coefficient (Wildman–Crippen LogP) is 4.25. The summed E-state index contributed by atoms with van der Waals surface area (Å²) in [5.74, 6) is -0.354. The van der Waals surface area contributed by atoms with Gasteiger partial charge in [0.25, 0.3) is 11.5 Å². The minimum absolute atomic E-state index is 0.349. The molecule has 3 rings (SSSR count). The van der Waals surface area contributed by atoms with Crippen molar-refractivity contribution in [3.05, 3.63) is 81.6 Å². The van der Waals surface area contributed by atoms with Crippen LogP contribution in [0.5, 0.6) is 0 Å². The third-order valence-electron chi connectivity index (χ3n) is 4.40. The first kappa shape index (κ1) is 18.9. The van der Waals surface area contributed by atoms with E-state index in [2.05, 4.69) is 10.4 Å². The van der Waals surface area contributed by atoms with Gasteiger partial charge in [0.05, 0.1) is 5.69 Å². The van der Waals surface area contributed by atoms with Crippen molar-refractivity contribution in [1.29, 1.82) is 0 Å². The van der Waals surface area contributed by atoms with E-state index in [0.717, 1.165) is 11.1 Å². The molecule has 27 heavy (non-hydrogen) atoms. The van der Waals surface area contributed by atoms with Gasteiger partial charge in [-0.3, -0.25) is 9.59 Å². The highest BCUT2D eigenvalue weighted by Gasteiger charge is 2.32. The summed E-state index contributed by atoms with van der Waals surface area (Å²) in [5.41, 5.74) is 1.42. The molecule has 0 aliphatic heterocycles. The number of hydrogen-bond acceptors (Lipinski definition) is 3. The Morgan fingerprint density at radius 3 is 2.48 bits per heavy atom. The molecule has 0 radical (unpaired) electrons. The summed E-state index contributed by atoms with van der Waals surface area (Å²) in [6.45, 7) is 5.19. The van der Waals surface area contributed by atoms with E-state index < -0.39 is 5.54 Å². The molecule has 0 atom stereocenters. The zero-order chi connectivity index (χ0) is 19.6. The number of rotatable bonds is 4. The Balaban J connectivity index is 1.97. The van der Waals surface area contributed by atoms with Crippen LogP contribution in [-0.4, -0.2) is 15.7 Å². The Hall–Kier alpha value is -2.92. The molecule has 0 fully saturated rings. The van der Waals surface area contributed by atoms with Crippen molar-refractivity contribution >= 4 is 23.2 Å². The highest BCUT2D eigenvalue weighted by molar-refractivity contribution is 6.31. The SMILES string of the molecule is Cc1ccc(Cl)cc1NC(=O)C(C)(C)n1nc(-c2ccccc2)ccc1=O. The van der Waals surface area contributed by atoms with Crippen LogP contribution in [0.1, 0.15) is 19.4 Å². The van der Waals surface area contributed by atoms with E-state index in [9.17, 15) is 9.59 Å². The van der Waals surface area contributed by atoms with Crippen molar-refractivity contribution in [2.75, 3.05) is 5.32 Å². The highest BCUT2D eigenvalue weighted by atomic mass is 35.5. The van der Waals surface area contributed by atoms with Gasteiger partial charge in [0, 0.05) is 22.3 Å². The van der Waals surface area contributed by atoms with Crippen molar-refractivity contribution in [3.63, 3.8) is 0 Å².